The normalized spacial score (nSPS) is 22.4. The molecular weight excluding hydrogens is 344 g/mol. The van der Waals surface area contributed by atoms with Gasteiger partial charge in [0.2, 0.25) is 0 Å². The molecule has 2 nitrogen and oxygen atoms in total. The Morgan fingerprint density at radius 1 is 1.12 bits per heavy atom. The predicted octanol–water partition coefficient (Wildman–Crippen LogP) is 4.47. The van der Waals surface area contributed by atoms with Gasteiger partial charge in [-0.25, -0.2) is 0 Å². The van der Waals surface area contributed by atoms with E-state index >= 15 is 0 Å². The first-order chi connectivity index (χ1) is 12.3. The molecule has 25 heavy (non-hydrogen) atoms. The van der Waals surface area contributed by atoms with Crippen LogP contribution >= 0.6 is 23.5 Å². The van der Waals surface area contributed by atoms with Gasteiger partial charge in [0, 0.05) is 27.7 Å². The molecule has 2 aliphatic heterocycles. The minimum Gasteiger partial charge on any atom is -0.339 e. The maximum absolute atomic E-state index is 2.57. The van der Waals surface area contributed by atoms with Gasteiger partial charge in [0.25, 0.3) is 0 Å². The first-order valence-corrected chi connectivity index (χ1v) is 11.3. The smallest absolute Gasteiger partial charge is 0.0889 e. The maximum atomic E-state index is 2.57. The number of piperidine rings is 1. The summed E-state index contributed by atoms with van der Waals surface area (Å²) in [6.45, 7) is 2.45. The molecule has 4 rings (SSSR count). The lowest BCUT2D eigenvalue weighted by Gasteiger charge is -2.35. The average Bonchev–Trinajstić information content (AvgIpc) is 2.66. The monoisotopic (exact) mass is 371 g/mol. The average molecular weight is 372 g/mol. The molecule has 132 valence electrons. The van der Waals surface area contributed by atoms with Crippen molar-refractivity contribution in [1.29, 1.82) is 0 Å². The summed E-state index contributed by atoms with van der Waals surface area (Å²) in [6.07, 6.45) is 7.62. The molecule has 0 aromatic heterocycles. The van der Waals surface area contributed by atoms with E-state index in [-0.39, 0.29) is 0 Å². The van der Waals surface area contributed by atoms with Gasteiger partial charge in [-0.1, -0.05) is 23.9 Å². The van der Waals surface area contributed by atoms with Crippen molar-refractivity contribution in [2.24, 2.45) is 0 Å². The topological polar surface area (TPSA) is 7.68 Å². The van der Waals surface area contributed by atoms with E-state index in [1.807, 2.05) is 23.5 Å². The summed E-state index contributed by atoms with van der Waals surface area (Å²) < 4.78 is 0. The van der Waals surface area contributed by atoms with Crippen molar-refractivity contribution in [1.82, 2.24) is 0 Å². The molecule has 1 saturated heterocycles. The van der Waals surface area contributed by atoms with E-state index in [2.05, 4.69) is 60.7 Å². The van der Waals surface area contributed by atoms with Crippen LogP contribution in [0.4, 0.5) is 11.4 Å². The first kappa shape index (κ1) is 17.3. The first-order valence-electron chi connectivity index (χ1n) is 9.31. The molecule has 2 aromatic rings. The fourth-order valence-electron chi connectivity index (χ4n) is 4.10. The second-order valence-corrected chi connectivity index (χ2v) is 9.10. The highest BCUT2D eigenvalue weighted by Crippen LogP contribution is 2.48. The van der Waals surface area contributed by atoms with Crippen molar-refractivity contribution in [3.63, 3.8) is 0 Å². The minimum absolute atomic E-state index is 0.808. The van der Waals surface area contributed by atoms with Crippen molar-refractivity contribution < 1.29 is 4.90 Å². The Balaban J connectivity index is 1.63. The van der Waals surface area contributed by atoms with E-state index in [0.717, 1.165) is 12.6 Å². The maximum Gasteiger partial charge on any atom is 0.0889 e. The molecule has 0 amide bonds. The van der Waals surface area contributed by atoms with Gasteiger partial charge in [0.05, 0.1) is 31.0 Å². The summed E-state index contributed by atoms with van der Waals surface area (Å²) in [6, 6.07) is 16.6. The van der Waals surface area contributed by atoms with Gasteiger partial charge in [-0.3, -0.25) is 0 Å². The molecule has 2 atom stereocenters. The number of fused-ring (bicyclic) bond motifs is 2. The number of nitrogens with zero attached hydrogens (tertiary/aromatic N) is 1. The molecule has 4 heteroatoms. The highest BCUT2D eigenvalue weighted by Gasteiger charge is 2.27. The van der Waals surface area contributed by atoms with Crippen LogP contribution in [-0.4, -0.2) is 32.4 Å². The number of rotatable bonds is 4. The van der Waals surface area contributed by atoms with E-state index < -0.39 is 0 Å². The van der Waals surface area contributed by atoms with Crippen molar-refractivity contribution in [2.75, 3.05) is 31.3 Å². The van der Waals surface area contributed by atoms with Gasteiger partial charge in [0.1, 0.15) is 0 Å². The van der Waals surface area contributed by atoms with Crippen molar-refractivity contribution >= 4 is 34.9 Å². The van der Waals surface area contributed by atoms with Gasteiger partial charge < -0.3 is 9.80 Å². The lowest BCUT2D eigenvalue weighted by atomic mass is 9.99. The fraction of sp³-hybridized carbons (Fsp3) is 0.429. The lowest BCUT2D eigenvalue weighted by Crippen LogP contribution is -3.13. The summed E-state index contributed by atoms with van der Waals surface area (Å²) in [4.78, 5) is 8.42. The Morgan fingerprint density at radius 3 is 2.80 bits per heavy atom. The summed E-state index contributed by atoms with van der Waals surface area (Å²) in [7, 11) is 2.38. The standard InChI is InChI=1S/C21H26N2S2/c1-22-13-6-5-7-16(22)12-14-23-18-8-3-4-9-20(18)25-21-11-10-17(24-2)15-19(21)23/h3-4,8-11,15-16H,5-7,12-14H2,1-2H3/p+1/t16-/m1/s1. The van der Waals surface area contributed by atoms with Crippen LogP contribution in [-0.2, 0) is 0 Å². The third-order valence-corrected chi connectivity index (χ3v) is 7.46. The predicted molar refractivity (Wildman–Crippen MR) is 110 cm³/mol. The number of nitrogens with one attached hydrogen (secondary N) is 1. The van der Waals surface area contributed by atoms with Gasteiger partial charge in [-0.15, -0.1) is 11.8 Å². The number of hydrogen-bond donors (Lipinski definition) is 1. The quantitative estimate of drug-likeness (QED) is 0.794. The molecule has 0 spiro atoms. The lowest BCUT2D eigenvalue weighted by molar-refractivity contribution is -0.911. The molecule has 2 aromatic carbocycles. The zero-order valence-corrected chi connectivity index (χ0v) is 16.8. The molecule has 0 aliphatic carbocycles. The van der Waals surface area contributed by atoms with Crippen LogP contribution in [0.25, 0.3) is 0 Å². The Morgan fingerprint density at radius 2 is 1.96 bits per heavy atom. The third kappa shape index (κ3) is 3.57. The van der Waals surface area contributed by atoms with Gasteiger partial charge in [-0.2, -0.15) is 0 Å². The Bertz CT molecular complexity index is 746. The van der Waals surface area contributed by atoms with E-state index in [1.165, 1.54) is 58.3 Å². The molecule has 2 aliphatic rings. The highest BCUT2D eigenvalue weighted by molar-refractivity contribution is 8.00. The van der Waals surface area contributed by atoms with Gasteiger partial charge in [0.15, 0.2) is 0 Å². The second-order valence-electron chi connectivity index (χ2n) is 7.13. The number of thioether (sulfide) groups is 1. The summed E-state index contributed by atoms with van der Waals surface area (Å²) >= 11 is 3.74. The van der Waals surface area contributed by atoms with Crippen molar-refractivity contribution in [2.45, 2.75) is 46.4 Å². The number of benzene rings is 2. The minimum atomic E-state index is 0.808. The Labute approximate surface area is 160 Å². The number of quaternary nitrogens is 1. The molecular formula is C21H27N2S2+. The fourth-order valence-corrected chi connectivity index (χ4v) is 5.61. The molecule has 2 heterocycles. The van der Waals surface area contributed by atoms with Gasteiger partial charge >= 0.3 is 0 Å². The Kier molecular flexibility index (Phi) is 5.30. The van der Waals surface area contributed by atoms with Crippen molar-refractivity contribution in [3.8, 4) is 0 Å². The third-order valence-electron chi connectivity index (χ3n) is 5.60. The van der Waals surface area contributed by atoms with Crippen LogP contribution in [0.3, 0.4) is 0 Å². The van der Waals surface area contributed by atoms with Crippen molar-refractivity contribution in [3.05, 3.63) is 42.5 Å². The van der Waals surface area contributed by atoms with Crippen LogP contribution in [0, 0.1) is 0 Å². The number of likely N-dealkylation sites (tertiary alicyclic amines) is 1. The zero-order chi connectivity index (χ0) is 17.2. The summed E-state index contributed by atoms with van der Waals surface area (Å²) in [5, 5.41) is 0. The highest BCUT2D eigenvalue weighted by atomic mass is 32.2. The van der Waals surface area contributed by atoms with E-state index in [1.54, 1.807) is 4.90 Å². The summed E-state index contributed by atoms with van der Waals surface area (Å²) in [5.74, 6) is 0. The number of para-hydroxylation sites is 1. The zero-order valence-electron chi connectivity index (χ0n) is 15.1. The molecule has 1 fully saturated rings. The van der Waals surface area contributed by atoms with Crippen LogP contribution < -0.4 is 9.80 Å². The molecule has 1 N–H and O–H groups in total. The second kappa shape index (κ2) is 7.65. The molecule has 0 radical (unpaired) electrons. The van der Waals surface area contributed by atoms with Crippen LogP contribution in [0.15, 0.2) is 57.2 Å². The van der Waals surface area contributed by atoms with Crippen LogP contribution in [0.5, 0.6) is 0 Å². The molecule has 0 saturated carbocycles. The number of anilines is 2. The van der Waals surface area contributed by atoms with E-state index in [4.69, 9.17) is 0 Å². The van der Waals surface area contributed by atoms with Crippen LogP contribution in [0.2, 0.25) is 0 Å². The van der Waals surface area contributed by atoms with E-state index in [9.17, 15) is 0 Å². The molecule has 0 bridgehead atoms. The largest absolute Gasteiger partial charge is 0.339 e. The summed E-state index contributed by atoms with van der Waals surface area (Å²) in [5.41, 5.74) is 2.77. The van der Waals surface area contributed by atoms with E-state index in [0.29, 0.717) is 0 Å². The SMILES string of the molecule is CSc1ccc2c(c1)N(CC[C@H]1CCCC[NH+]1C)c1ccccc1S2. The van der Waals surface area contributed by atoms with Crippen LogP contribution in [0.1, 0.15) is 25.7 Å². The Hall–Kier alpha value is -1.10. The van der Waals surface area contributed by atoms with Gasteiger partial charge in [-0.05, 0) is 55.9 Å². The molecule has 1 unspecified atom stereocenters. The number of hydrogen-bond acceptors (Lipinski definition) is 3.